The minimum absolute atomic E-state index is 1.14. The van der Waals surface area contributed by atoms with Crippen LogP contribution in [0.4, 0.5) is 0 Å². The number of nitrogens with zero attached hydrogens (tertiary/aromatic N) is 1. The summed E-state index contributed by atoms with van der Waals surface area (Å²) >= 11 is 0. The molecule has 1 aromatic heterocycles. The zero-order valence-corrected chi connectivity index (χ0v) is 10.9. The highest BCUT2D eigenvalue weighted by atomic mass is 15.1. The van der Waals surface area contributed by atoms with E-state index in [0.29, 0.717) is 0 Å². The molecule has 0 aliphatic heterocycles. The number of fused-ring (bicyclic) bond motifs is 1. The Hall–Kier alpha value is -1.28. The van der Waals surface area contributed by atoms with E-state index in [9.17, 15) is 0 Å². The minimum Gasteiger partial charge on any atom is -0.361 e. The maximum absolute atomic E-state index is 3.34. The van der Waals surface area contributed by atoms with E-state index in [4.69, 9.17) is 0 Å². The van der Waals surface area contributed by atoms with Crippen molar-refractivity contribution < 1.29 is 0 Å². The largest absolute Gasteiger partial charge is 0.361 e. The second kappa shape index (κ2) is 5.87. The van der Waals surface area contributed by atoms with E-state index < -0.39 is 0 Å². The highest BCUT2D eigenvalue weighted by Gasteiger charge is 2.05. The molecule has 0 bridgehead atoms. The van der Waals surface area contributed by atoms with Gasteiger partial charge in [0.25, 0.3) is 0 Å². The predicted octanol–water partition coefficient (Wildman–Crippen LogP) is 3.44. The molecule has 2 rings (SSSR count). The van der Waals surface area contributed by atoms with Crippen molar-refractivity contribution in [1.82, 2.24) is 9.88 Å². The molecule has 0 spiro atoms. The fourth-order valence-electron chi connectivity index (χ4n) is 2.36. The molecule has 1 heterocycles. The number of likely N-dealkylation sites (N-methyl/N-ethyl adjacent to an activating group) is 1. The second-order valence-electron chi connectivity index (χ2n) is 4.54. The highest BCUT2D eigenvalue weighted by Crippen LogP contribution is 2.18. The van der Waals surface area contributed by atoms with Gasteiger partial charge < -0.3 is 9.88 Å². The topological polar surface area (TPSA) is 19.0 Å². The maximum Gasteiger partial charge on any atom is 0.0456 e. The van der Waals surface area contributed by atoms with E-state index in [1.54, 1.807) is 0 Å². The third kappa shape index (κ3) is 2.89. The first kappa shape index (κ1) is 12.2. The van der Waals surface area contributed by atoms with Crippen molar-refractivity contribution in [2.45, 2.75) is 26.7 Å². The van der Waals surface area contributed by atoms with Gasteiger partial charge >= 0.3 is 0 Å². The monoisotopic (exact) mass is 230 g/mol. The van der Waals surface area contributed by atoms with E-state index in [1.807, 2.05) is 0 Å². The molecule has 92 valence electrons. The van der Waals surface area contributed by atoms with Gasteiger partial charge in [-0.2, -0.15) is 0 Å². The van der Waals surface area contributed by atoms with E-state index in [0.717, 1.165) is 19.5 Å². The third-order valence-electron chi connectivity index (χ3n) is 3.36. The molecule has 1 aromatic carbocycles. The molecule has 17 heavy (non-hydrogen) atoms. The summed E-state index contributed by atoms with van der Waals surface area (Å²) in [5.41, 5.74) is 2.69. The molecule has 2 heteroatoms. The Balaban J connectivity index is 2.03. The smallest absolute Gasteiger partial charge is 0.0456 e. The number of hydrogen-bond donors (Lipinski definition) is 1. The summed E-state index contributed by atoms with van der Waals surface area (Å²) < 4.78 is 0. The summed E-state index contributed by atoms with van der Waals surface area (Å²) in [6.45, 7) is 8.00. The Kier molecular flexibility index (Phi) is 4.21. The summed E-state index contributed by atoms with van der Waals surface area (Å²) in [6, 6.07) is 8.54. The summed E-state index contributed by atoms with van der Waals surface area (Å²) in [5.74, 6) is 0. The first-order chi connectivity index (χ1) is 8.35. The molecular weight excluding hydrogens is 208 g/mol. The van der Waals surface area contributed by atoms with Gasteiger partial charge in [0, 0.05) is 23.6 Å². The van der Waals surface area contributed by atoms with Crippen LogP contribution in [0.3, 0.4) is 0 Å². The Bertz CT molecular complexity index is 459. The third-order valence-corrected chi connectivity index (χ3v) is 3.36. The van der Waals surface area contributed by atoms with Gasteiger partial charge in [-0.1, -0.05) is 32.0 Å². The van der Waals surface area contributed by atoms with Crippen LogP contribution in [0.2, 0.25) is 0 Å². The zero-order chi connectivity index (χ0) is 12.1. The van der Waals surface area contributed by atoms with Crippen LogP contribution in [0.25, 0.3) is 10.9 Å². The lowest BCUT2D eigenvalue weighted by Crippen LogP contribution is -2.26. The van der Waals surface area contributed by atoms with Gasteiger partial charge in [0.1, 0.15) is 0 Å². The first-order valence-corrected chi connectivity index (χ1v) is 6.62. The maximum atomic E-state index is 3.34. The molecule has 1 N–H and O–H groups in total. The van der Waals surface area contributed by atoms with Crippen LogP contribution in [-0.4, -0.2) is 29.5 Å². The van der Waals surface area contributed by atoms with Gasteiger partial charge in [0.15, 0.2) is 0 Å². The standard InChI is InChI=1S/C15H22N2/c1-3-10-17(4-2)11-9-13-12-16-15-8-6-5-7-14(13)15/h5-8,12,16H,3-4,9-11H2,1-2H3. The summed E-state index contributed by atoms with van der Waals surface area (Å²) in [5, 5.41) is 1.38. The van der Waals surface area contributed by atoms with Gasteiger partial charge in [-0.3, -0.25) is 0 Å². The fraction of sp³-hybridized carbons (Fsp3) is 0.467. The predicted molar refractivity (Wildman–Crippen MR) is 74.4 cm³/mol. The van der Waals surface area contributed by atoms with Crippen molar-refractivity contribution in [3.63, 3.8) is 0 Å². The van der Waals surface area contributed by atoms with Crippen LogP contribution in [0.15, 0.2) is 30.5 Å². The van der Waals surface area contributed by atoms with Crippen LogP contribution >= 0.6 is 0 Å². The van der Waals surface area contributed by atoms with Gasteiger partial charge in [0.2, 0.25) is 0 Å². The van der Waals surface area contributed by atoms with Gasteiger partial charge in [-0.15, -0.1) is 0 Å². The number of aromatic nitrogens is 1. The number of benzene rings is 1. The van der Waals surface area contributed by atoms with Crippen molar-refractivity contribution in [2.75, 3.05) is 19.6 Å². The Labute approximate surface area is 104 Å². The van der Waals surface area contributed by atoms with Crippen molar-refractivity contribution in [3.05, 3.63) is 36.0 Å². The van der Waals surface area contributed by atoms with Gasteiger partial charge in [0.05, 0.1) is 0 Å². The van der Waals surface area contributed by atoms with E-state index in [2.05, 4.69) is 54.2 Å². The fourth-order valence-corrected chi connectivity index (χ4v) is 2.36. The summed E-state index contributed by atoms with van der Waals surface area (Å²) in [6.07, 6.45) is 4.53. The zero-order valence-electron chi connectivity index (χ0n) is 10.9. The molecule has 0 atom stereocenters. The Morgan fingerprint density at radius 3 is 2.71 bits per heavy atom. The molecule has 2 aromatic rings. The molecule has 0 aliphatic carbocycles. The quantitative estimate of drug-likeness (QED) is 0.805. The van der Waals surface area contributed by atoms with Crippen LogP contribution in [0, 0.1) is 0 Å². The molecule has 0 fully saturated rings. The lowest BCUT2D eigenvalue weighted by molar-refractivity contribution is 0.293. The molecular formula is C15H22N2. The van der Waals surface area contributed by atoms with Gasteiger partial charge in [-0.25, -0.2) is 0 Å². The average molecular weight is 230 g/mol. The number of nitrogens with one attached hydrogen (secondary N) is 1. The number of rotatable bonds is 6. The molecule has 0 unspecified atom stereocenters. The molecule has 0 saturated heterocycles. The second-order valence-corrected chi connectivity index (χ2v) is 4.54. The van der Waals surface area contributed by atoms with Crippen molar-refractivity contribution >= 4 is 10.9 Å². The first-order valence-electron chi connectivity index (χ1n) is 6.62. The summed E-state index contributed by atoms with van der Waals surface area (Å²) in [4.78, 5) is 5.86. The average Bonchev–Trinajstić information content (AvgIpc) is 2.78. The molecule has 0 saturated carbocycles. The number of aromatic amines is 1. The number of hydrogen-bond acceptors (Lipinski definition) is 1. The SMILES string of the molecule is CCCN(CC)CCc1c[nH]c2ccccc12. The van der Waals surface area contributed by atoms with Gasteiger partial charge in [-0.05, 0) is 37.6 Å². The van der Waals surface area contributed by atoms with Crippen molar-refractivity contribution in [2.24, 2.45) is 0 Å². The molecule has 2 nitrogen and oxygen atoms in total. The Morgan fingerprint density at radius 1 is 1.12 bits per heavy atom. The van der Waals surface area contributed by atoms with Crippen LogP contribution in [0.5, 0.6) is 0 Å². The lowest BCUT2D eigenvalue weighted by atomic mass is 10.1. The van der Waals surface area contributed by atoms with E-state index >= 15 is 0 Å². The van der Waals surface area contributed by atoms with E-state index in [-0.39, 0.29) is 0 Å². The van der Waals surface area contributed by atoms with Crippen LogP contribution < -0.4 is 0 Å². The Morgan fingerprint density at radius 2 is 1.94 bits per heavy atom. The highest BCUT2D eigenvalue weighted by molar-refractivity contribution is 5.83. The minimum atomic E-state index is 1.14. The number of para-hydroxylation sites is 1. The number of H-pyrrole nitrogens is 1. The molecule has 0 aliphatic rings. The molecule has 0 amide bonds. The van der Waals surface area contributed by atoms with Crippen LogP contribution in [0.1, 0.15) is 25.8 Å². The van der Waals surface area contributed by atoms with Crippen LogP contribution in [-0.2, 0) is 6.42 Å². The lowest BCUT2D eigenvalue weighted by Gasteiger charge is -2.18. The van der Waals surface area contributed by atoms with Crippen molar-refractivity contribution in [3.8, 4) is 0 Å². The van der Waals surface area contributed by atoms with E-state index in [1.165, 1.54) is 29.4 Å². The summed E-state index contributed by atoms with van der Waals surface area (Å²) in [7, 11) is 0. The van der Waals surface area contributed by atoms with Crippen molar-refractivity contribution in [1.29, 1.82) is 0 Å². The normalized spacial score (nSPS) is 11.5. The molecule has 0 radical (unpaired) electrons.